The maximum absolute atomic E-state index is 12.8. The first-order valence-corrected chi connectivity index (χ1v) is 11.6. The van der Waals surface area contributed by atoms with Gasteiger partial charge in [0, 0.05) is 24.2 Å². The maximum Gasteiger partial charge on any atom is 0.286 e. The van der Waals surface area contributed by atoms with Gasteiger partial charge in [0.1, 0.15) is 5.56 Å². The summed E-state index contributed by atoms with van der Waals surface area (Å²) in [6, 6.07) is 7.93. The minimum atomic E-state index is -3.92. The Morgan fingerprint density at radius 3 is 2.71 bits per heavy atom. The highest BCUT2D eigenvalue weighted by Crippen LogP contribution is 2.24. The van der Waals surface area contributed by atoms with Crippen LogP contribution in [0.1, 0.15) is 17.3 Å². The molecule has 0 fully saturated rings. The molecule has 0 saturated carbocycles. The highest BCUT2D eigenvalue weighted by molar-refractivity contribution is 7.89. The molecule has 2 aromatic carbocycles. The fraction of sp³-hybridized carbons (Fsp3) is 0.222. The van der Waals surface area contributed by atoms with E-state index in [-0.39, 0.29) is 20.3 Å². The molecule has 0 radical (unpaired) electrons. The molecule has 1 amide bonds. The molecular weight excluding hydrogens is 468 g/mol. The summed E-state index contributed by atoms with van der Waals surface area (Å²) in [6.45, 7) is 2.96. The van der Waals surface area contributed by atoms with Crippen molar-refractivity contribution in [2.45, 2.75) is 18.4 Å². The van der Waals surface area contributed by atoms with Gasteiger partial charge in [0.15, 0.2) is 4.80 Å². The normalized spacial score (nSPS) is 12.4. The van der Waals surface area contributed by atoms with E-state index in [0.29, 0.717) is 30.0 Å². The van der Waals surface area contributed by atoms with Crippen LogP contribution in [0.25, 0.3) is 10.2 Å². The monoisotopic (exact) mass is 484 g/mol. The molecule has 3 rings (SSSR count). The Kier molecular flexibility index (Phi) is 6.86. The molecule has 0 aliphatic rings. The van der Waals surface area contributed by atoms with E-state index in [4.69, 9.17) is 21.5 Å². The Morgan fingerprint density at radius 2 is 2.06 bits per heavy atom. The number of amides is 1. The molecule has 0 aliphatic heterocycles. The highest BCUT2D eigenvalue weighted by atomic mass is 35.5. The maximum atomic E-state index is 12.8. The van der Waals surface area contributed by atoms with Crippen LogP contribution >= 0.6 is 22.9 Å². The van der Waals surface area contributed by atoms with Gasteiger partial charge in [0.2, 0.25) is 10.0 Å². The van der Waals surface area contributed by atoms with E-state index in [1.807, 2.05) is 6.92 Å². The van der Waals surface area contributed by atoms with E-state index >= 15 is 0 Å². The lowest BCUT2D eigenvalue weighted by Crippen LogP contribution is -2.20. The third kappa shape index (κ3) is 5.17. The van der Waals surface area contributed by atoms with Gasteiger partial charge in [0.05, 0.1) is 26.6 Å². The lowest BCUT2D eigenvalue weighted by molar-refractivity contribution is -0.385. The van der Waals surface area contributed by atoms with E-state index in [9.17, 15) is 23.3 Å². The first kappa shape index (κ1) is 23.0. The Morgan fingerprint density at radius 1 is 1.32 bits per heavy atom. The summed E-state index contributed by atoms with van der Waals surface area (Å²) in [5, 5.41) is 16.6. The molecule has 0 aliphatic carbocycles. The van der Waals surface area contributed by atoms with Crippen molar-refractivity contribution in [2.24, 2.45) is 10.1 Å². The highest BCUT2D eigenvalue weighted by Gasteiger charge is 2.21. The summed E-state index contributed by atoms with van der Waals surface area (Å²) >= 11 is 6.96. The van der Waals surface area contributed by atoms with Crippen molar-refractivity contribution in [2.75, 3.05) is 13.2 Å². The van der Waals surface area contributed by atoms with Gasteiger partial charge in [-0.3, -0.25) is 14.9 Å². The number of sulfonamides is 1. The van der Waals surface area contributed by atoms with E-state index in [2.05, 4.69) is 4.99 Å². The van der Waals surface area contributed by atoms with Gasteiger partial charge in [-0.15, -0.1) is 0 Å². The smallest absolute Gasteiger partial charge is 0.286 e. The van der Waals surface area contributed by atoms with Crippen LogP contribution in [0.2, 0.25) is 5.02 Å². The third-order valence-corrected chi connectivity index (χ3v) is 6.42. The number of nitro benzene ring substituents is 1. The number of nitrogens with zero attached hydrogens (tertiary/aromatic N) is 3. The predicted octanol–water partition coefficient (Wildman–Crippen LogP) is 2.69. The quantitative estimate of drug-likeness (QED) is 0.309. The molecule has 0 bridgehead atoms. The molecule has 2 N–H and O–H groups in total. The van der Waals surface area contributed by atoms with Crippen LogP contribution in [0, 0.1) is 10.1 Å². The van der Waals surface area contributed by atoms with E-state index < -0.39 is 26.5 Å². The number of carbonyl (C=O) groups excluding carboxylic acids is 1. The number of ether oxygens (including phenoxy) is 1. The van der Waals surface area contributed by atoms with Gasteiger partial charge in [0.25, 0.3) is 11.6 Å². The molecule has 31 heavy (non-hydrogen) atoms. The number of fused-ring (bicyclic) bond motifs is 1. The van der Waals surface area contributed by atoms with Crippen molar-refractivity contribution in [3.63, 3.8) is 0 Å². The minimum absolute atomic E-state index is 0.0819. The average Bonchev–Trinajstić information content (AvgIpc) is 3.03. The molecule has 164 valence electrons. The first-order chi connectivity index (χ1) is 14.6. The summed E-state index contributed by atoms with van der Waals surface area (Å²) < 4.78 is 30.9. The van der Waals surface area contributed by atoms with Gasteiger partial charge in [-0.25, -0.2) is 13.6 Å². The second-order valence-corrected chi connectivity index (χ2v) is 9.25. The molecule has 0 saturated heterocycles. The number of hydrogen-bond acceptors (Lipinski definition) is 7. The van der Waals surface area contributed by atoms with E-state index in [1.54, 1.807) is 10.6 Å². The topological polar surface area (TPSA) is 147 Å². The van der Waals surface area contributed by atoms with Crippen molar-refractivity contribution in [1.29, 1.82) is 0 Å². The molecule has 1 aromatic heterocycles. The third-order valence-electron chi connectivity index (χ3n) is 4.23. The number of rotatable bonds is 7. The number of nitrogens with two attached hydrogens (primary N) is 1. The number of thiazole rings is 1. The lowest BCUT2D eigenvalue weighted by atomic mass is 10.2. The zero-order valence-corrected chi connectivity index (χ0v) is 18.5. The first-order valence-electron chi connectivity index (χ1n) is 8.88. The lowest BCUT2D eigenvalue weighted by Gasteiger charge is -2.06. The number of carbonyl (C=O) groups is 1. The van der Waals surface area contributed by atoms with E-state index in [0.717, 1.165) is 17.4 Å². The molecule has 0 spiro atoms. The van der Waals surface area contributed by atoms with Gasteiger partial charge < -0.3 is 9.30 Å². The zero-order chi connectivity index (χ0) is 22.8. The average molecular weight is 485 g/mol. The van der Waals surface area contributed by atoms with Gasteiger partial charge >= 0.3 is 0 Å². The van der Waals surface area contributed by atoms with Crippen LogP contribution in [-0.2, 0) is 21.3 Å². The van der Waals surface area contributed by atoms with Crippen LogP contribution in [0.3, 0.4) is 0 Å². The van der Waals surface area contributed by atoms with Gasteiger partial charge in [-0.05, 0) is 37.3 Å². The predicted molar refractivity (Wildman–Crippen MR) is 116 cm³/mol. The van der Waals surface area contributed by atoms with Crippen LogP contribution < -0.4 is 9.94 Å². The molecule has 0 atom stereocenters. The van der Waals surface area contributed by atoms with Crippen molar-refractivity contribution < 1.29 is 22.9 Å². The van der Waals surface area contributed by atoms with Crippen LogP contribution in [0.5, 0.6) is 0 Å². The molecule has 0 unspecified atom stereocenters. The zero-order valence-electron chi connectivity index (χ0n) is 16.1. The summed E-state index contributed by atoms with van der Waals surface area (Å²) in [4.78, 5) is 27.6. The van der Waals surface area contributed by atoms with Gasteiger partial charge in [-0.2, -0.15) is 4.99 Å². The van der Waals surface area contributed by atoms with Crippen molar-refractivity contribution in [3.8, 4) is 0 Å². The Balaban J connectivity index is 2.18. The summed E-state index contributed by atoms with van der Waals surface area (Å²) in [6.07, 6.45) is 0. The summed E-state index contributed by atoms with van der Waals surface area (Å²) in [7, 11) is -3.92. The number of hydrogen-bond donors (Lipinski definition) is 1. The minimum Gasteiger partial charge on any atom is -0.380 e. The van der Waals surface area contributed by atoms with Gasteiger partial charge in [-0.1, -0.05) is 22.9 Å². The molecule has 10 nitrogen and oxygen atoms in total. The van der Waals surface area contributed by atoms with Crippen LogP contribution in [0.4, 0.5) is 5.69 Å². The molecule has 3 aromatic rings. The Bertz CT molecular complexity index is 1350. The summed E-state index contributed by atoms with van der Waals surface area (Å²) in [5.41, 5.74) is -0.0579. The number of nitro groups is 1. The number of benzene rings is 2. The number of halogens is 1. The second kappa shape index (κ2) is 9.24. The fourth-order valence-electron chi connectivity index (χ4n) is 2.82. The molecule has 1 heterocycles. The fourth-order valence-corrected chi connectivity index (χ4v) is 4.70. The standard InChI is InChI=1S/C18H17ClN4O6S2/c1-2-29-8-7-22-15-6-4-12(31(20,27)28)10-16(15)30-18(22)21-17(24)13-9-11(19)3-5-14(13)23(25)26/h3-6,9-10H,2,7-8H2,1H3,(H2,20,27,28). The molecule has 13 heteroatoms. The van der Waals surface area contributed by atoms with Crippen LogP contribution in [0.15, 0.2) is 46.3 Å². The SMILES string of the molecule is CCOCCn1c(=NC(=O)c2cc(Cl)ccc2[N+](=O)[O-])sc2cc(S(N)(=O)=O)ccc21. The van der Waals surface area contributed by atoms with E-state index in [1.165, 1.54) is 24.3 Å². The number of aromatic nitrogens is 1. The van der Waals surface area contributed by atoms with Crippen molar-refractivity contribution >= 4 is 54.8 Å². The molecular formula is C18H17ClN4O6S2. The summed E-state index contributed by atoms with van der Waals surface area (Å²) in [5.74, 6) is -0.849. The number of primary sulfonamides is 1. The Labute approximate surface area is 185 Å². The Hall–Kier alpha value is -2.64. The van der Waals surface area contributed by atoms with Crippen molar-refractivity contribution in [1.82, 2.24) is 4.57 Å². The largest absolute Gasteiger partial charge is 0.380 e. The van der Waals surface area contributed by atoms with Crippen LogP contribution in [-0.4, -0.2) is 37.0 Å². The second-order valence-electron chi connectivity index (χ2n) is 6.24. The van der Waals surface area contributed by atoms with Crippen molar-refractivity contribution in [3.05, 3.63) is 61.9 Å².